The summed E-state index contributed by atoms with van der Waals surface area (Å²) in [6, 6.07) is -0.843. The molecule has 0 spiro atoms. The molecule has 0 heterocycles. The number of carbonyl (C=O) groups is 1. The zero-order chi connectivity index (χ0) is 13.1. The molecule has 0 aliphatic carbocycles. The van der Waals surface area contributed by atoms with Crippen molar-refractivity contribution in [2.45, 2.75) is 51.9 Å². The van der Waals surface area contributed by atoms with E-state index in [-0.39, 0.29) is 11.0 Å². The average molecular weight is 247 g/mol. The summed E-state index contributed by atoms with van der Waals surface area (Å²) < 4.78 is 5.92. The van der Waals surface area contributed by atoms with Crippen LogP contribution in [0.5, 0.6) is 0 Å². The SMILES string of the molecule is CC(CO[Si](C)(C)C(C)(C)C)[C@@H](N)C(=O)O. The third-order valence-electron chi connectivity index (χ3n) is 3.41. The van der Waals surface area contributed by atoms with E-state index in [1.165, 1.54) is 0 Å². The average Bonchev–Trinajstić information content (AvgIpc) is 2.11. The van der Waals surface area contributed by atoms with Gasteiger partial charge in [-0.25, -0.2) is 0 Å². The third kappa shape index (κ3) is 4.23. The number of rotatable bonds is 5. The molecule has 0 amide bonds. The van der Waals surface area contributed by atoms with Crippen molar-refractivity contribution in [2.75, 3.05) is 6.61 Å². The van der Waals surface area contributed by atoms with Gasteiger partial charge in [-0.15, -0.1) is 0 Å². The fourth-order valence-corrected chi connectivity index (χ4v) is 2.02. The van der Waals surface area contributed by atoms with Gasteiger partial charge in [-0.1, -0.05) is 27.7 Å². The van der Waals surface area contributed by atoms with Crippen molar-refractivity contribution in [3.63, 3.8) is 0 Å². The number of nitrogens with two attached hydrogens (primary N) is 1. The second-order valence-corrected chi connectivity index (χ2v) is 10.7. The molecule has 0 aromatic heterocycles. The summed E-state index contributed by atoms with van der Waals surface area (Å²) in [5.41, 5.74) is 5.53. The normalized spacial score (nSPS) is 16.9. The Morgan fingerprint density at radius 3 is 2.19 bits per heavy atom. The molecular weight excluding hydrogens is 222 g/mol. The molecule has 5 heteroatoms. The monoisotopic (exact) mass is 247 g/mol. The van der Waals surface area contributed by atoms with Crippen molar-refractivity contribution in [1.29, 1.82) is 0 Å². The highest BCUT2D eigenvalue weighted by Crippen LogP contribution is 2.36. The molecule has 4 nitrogen and oxygen atoms in total. The smallest absolute Gasteiger partial charge is 0.320 e. The molecule has 3 N–H and O–H groups in total. The van der Waals surface area contributed by atoms with Crippen LogP contribution in [0.3, 0.4) is 0 Å². The topological polar surface area (TPSA) is 72.5 Å². The van der Waals surface area contributed by atoms with E-state index in [1.807, 2.05) is 6.92 Å². The van der Waals surface area contributed by atoms with Crippen LogP contribution >= 0.6 is 0 Å². The lowest BCUT2D eigenvalue weighted by molar-refractivity contribution is -0.140. The maximum absolute atomic E-state index is 10.7. The first-order valence-corrected chi connectivity index (χ1v) is 8.52. The van der Waals surface area contributed by atoms with E-state index in [0.717, 1.165) is 0 Å². The summed E-state index contributed by atoms with van der Waals surface area (Å²) in [4.78, 5) is 10.7. The molecule has 0 fully saturated rings. The van der Waals surface area contributed by atoms with Crippen LogP contribution in [0.2, 0.25) is 18.1 Å². The first-order valence-electron chi connectivity index (χ1n) is 5.61. The molecule has 96 valence electrons. The molecule has 0 aromatic carbocycles. The molecule has 0 bridgehead atoms. The number of hydrogen-bond acceptors (Lipinski definition) is 3. The van der Waals surface area contributed by atoms with E-state index in [0.29, 0.717) is 6.61 Å². The Morgan fingerprint density at radius 1 is 1.44 bits per heavy atom. The summed E-state index contributed by atoms with van der Waals surface area (Å²) in [6.07, 6.45) is 0. The van der Waals surface area contributed by atoms with Crippen LogP contribution in [0.15, 0.2) is 0 Å². The maximum Gasteiger partial charge on any atom is 0.320 e. The van der Waals surface area contributed by atoms with E-state index in [9.17, 15) is 4.79 Å². The molecule has 0 aliphatic heterocycles. The summed E-state index contributed by atoms with van der Waals surface area (Å²) in [6.45, 7) is 13.0. The van der Waals surface area contributed by atoms with Gasteiger partial charge in [0.1, 0.15) is 6.04 Å². The van der Waals surface area contributed by atoms with Crippen LogP contribution in [0.4, 0.5) is 0 Å². The van der Waals surface area contributed by atoms with Crippen LogP contribution in [0.1, 0.15) is 27.7 Å². The predicted octanol–water partition coefficient (Wildman–Crippen LogP) is 2.06. The quantitative estimate of drug-likeness (QED) is 0.729. The zero-order valence-electron chi connectivity index (χ0n) is 11.2. The molecule has 0 radical (unpaired) electrons. The van der Waals surface area contributed by atoms with Crippen molar-refractivity contribution in [3.8, 4) is 0 Å². The van der Waals surface area contributed by atoms with Crippen molar-refractivity contribution in [2.24, 2.45) is 11.7 Å². The van der Waals surface area contributed by atoms with Crippen molar-refractivity contribution >= 4 is 14.3 Å². The van der Waals surface area contributed by atoms with E-state index in [1.54, 1.807) is 0 Å². The van der Waals surface area contributed by atoms with Gasteiger partial charge < -0.3 is 15.3 Å². The van der Waals surface area contributed by atoms with Crippen molar-refractivity contribution in [3.05, 3.63) is 0 Å². The highest BCUT2D eigenvalue weighted by molar-refractivity contribution is 6.74. The Hall–Kier alpha value is -0.393. The van der Waals surface area contributed by atoms with E-state index in [2.05, 4.69) is 33.9 Å². The minimum Gasteiger partial charge on any atom is -0.480 e. The van der Waals surface area contributed by atoms with Gasteiger partial charge in [0.2, 0.25) is 0 Å². The van der Waals surface area contributed by atoms with Gasteiger partial charge in [0, 0.05) is 12.5 Å². The lowest BCUT2D eigenvalue weighted by atomic mass is 10.1. The molecular formula is C11H25NO3Si. The molecule has 0 aromatic rings. The molecule has 0 rings (SSSR count). The third-order valence-corrected chi connectivity index (χ3v) is 7.91. The van der Waals surface area contributed by atoms with E-state index in [4.69, 9.17) is 15.3 Å². The maximum atomic E-state index is 10.7. The van der Waals surface area contributed by atoms with Crippen LogP contribution < -0.4 is 5.73 Å². The minimum absolute atomic E-state index is 0.139. The lowest BCUT2D eigenvalue weighted by Crippen LogP contribution is -2.45. The highest BCUT2D eigenvalue weighted by Gasteiger charge is 2.37. The van der Waals surface area contributed by atoms with Crippen molar-refractivity contribution in [1.82, 2.24) is 0 Å². The van der Waals surface area contributed by atoms with E-state index >= 15 is 0 Å². The van der Waals surface area contributed by atoms with Gasteiger partial charge in [0.05, 0.1) is 0 Å². The Labute approximate surface area is 99.3 Å². The predicted molar refractivity (Wildman–Crippen MR) is 67.9 cm³/mol. The van der Waals surface area contributed by atoms with E-state index < -0.39 is 20.3 Å². The first-order chi connectivity index (χ1) is 6.99. The molecule has 0 aliphatic rings. The molecule has 1 unspecified atom stereocenters. The first kappa shape index (κ1) is 15.6. The number of carboxylic acids is 1. The minimum atomic E-state index is -1.80. The van der Waals surface area contributed by atoms with Gasteiger partial charge in [0.15, 0.2) is 8.32 Å². The Balaban J connectivity index is 4.31. The van der Waals surface area contributed by atoms with Crippen LogP contribution in [-0.2, 0) is 9.22 Å². The van der Waals surface area contributed by atoms with Gasteiger partial charge in [-0.05, 0) is 18.1 Å². The highest BCUT2D eigenvalue weighted by atomic mass is 28.4. The Bertz CT molecular complexity index is 248. The number of hydrogen-bond donors (Lipinski definition) is 2. The van der Waals surface area contributed by atoms with Crippen molar-refractivity contribution < 1.29 is 14.3 Å². The second-order valence-electron chi connectivity index (χ2n) is 5.91. The second kappa shape index (κ2) is 5.29. The van der Waals surface area contributed by atoms with Crippen LogP contribution in [0.25, 0.3) is 0 Å². The molecule has 0 saturated carbocycles. The van der Waals surface area contributed by atoms with Crippen LogP contribution in [0, 0.1) is 5.92 Å². The summed E-state index contributed by atoms with van der Waals surface area (Å²) >= 11 is 0. The number of aliphatic carboxylic acids is 1. The molecule has 0 saturated heterocycles. The fraction of sp³-hybridized carbons (Fsp3) is 0.909. The summed E-state index contributed by atoms with van der Waals surface area (Å²) in [5, 5.41) is 8.91. The fourth-order valence-electron chi connectivity index (χ4n) is 0.903. The Kier molecular flexibility index (Phi) is 5.16. The standard InChI is InChI=1S/C11H25NO3Si/c1-8(9(12)10(13)14)7-15-16(5,6)11(2,3)4/h8-9H,7,12H2,1-6H3,(H,13,14)/t8?,9-/m1/s1. The molecule has 16 heavy (non-hydrogen) atoms. The van der Waals surface area contributed by atoms with Crippen LogP contribution in [-0.4, -0.2) is 32.0 Å². The summed E-state index contributed by atoms with van der Waals surface area (Å²) in [5.74, 6) is -1.13. The largest absolute Gasteiger partial charge is 0.480 e. The van der Waals surface area contributed by atoms with Gasteiger partial charge in [-0.3, -0.25) is 4.79 Å². The van der Waals surface area contributed by atoms with Gasteiger partial charge in [-0.2, -0.15) is 0 Å². The lowest BCUT2D eigenvalue weighted by Gasteiger charge is -2.37. The zero-order valence-corrected chi connectivity index (χ0v) is 12.2. The molecule has 2 atom stereocenters. The van der Waals surface area contributed by atoms with Gasteiger partial charge >= 0.3 is 5.97 Å². The van der Waals surface area contributed by atoms with Gasteiger partial charge in [0.25, 0.3) is 0 Å². The Morgan fingerprint density at radius 2 is 1.88 bits per heavy atom. The number of carboxylic acid groups (broad SMARTS) is 1. The summed E-state index contributed by atoms with van der Waals surface area (Å²) in [7, 11) is -1.80.